The number of likely N-dealkylation sites (tertiary alicyclic amines) is 1. The van der Waals surface area contributed by atoms with Crippen molar-refractivity contribution in [1.82, 2.24) is 14.7 Å². The summed E-state index contributed by atoms with van der Waals surface area (Å²) in [5, 5.41) is 4.08. The average Bonchev–Trinajstić information content (AvgIpc) is 2.84. The van der Waals surface area contributed by atoms with Crippen LogP contribution in [-0.2, 0) is 6.54 Å². The van der Waals surface area contributed by atoms with Crippen LogP contribution in [0, 0.1) is 0 Å². The van der Waals surface area contributed by atoms with E-state index in [2.05, 4.69) is 5.10 Å². The van der Waals surface area contributed by atoms with Gasteiger partial charge in [-0.1, -0.05) is 0 Å². The van der Waals surface area contributed by atoms with Crippen molar-refractivity contribution in [3.05, 3.63) is 18.0 Å². The lowest BCUT2D eigenvalue weighted by Gasteiger charge is -2.13. The zero-order valence-electron chi connectivity index (χ0n) is 9.30. The van der Waals surface area contributed by atoms with Gasteiger partial charge in [-0.2, -0.15) is 5.10 Å². The van der Waals surface area contributed by atoms with E-state index in [9.17, 15) is 4.79 Å². The van der Waals surface area contributed by atoms with Gasteiger partial charge < -0.3 is 10.6 Å². The summed E-state index contributed by atoms with van der Waals surface area (Å²) in [5.41, 5.74) is 6.42. The molecule has 2 N–H and O–H groups in total. The van der Waals surface area contributed by atoms with Crippen molar-refractivity contribution in [2.24, 2.45) is 5.73 Å². The van der Waals surface area contributed by atoms with Crippen LogP contribution in [0.25, 0.3) is 0 Å². The van der Waals surface area contributed by atoms with Crippen LogP contribution in [-0.4, -0.2) is 39.7 Å². The predicted octanol–water partition coefficient (Wildman–Crippen LogP) is 0.498. The van der Waals surface area contributed by atoms with E-state index in [1.54, 1.807) is 22.0 Å². The highest BCUT2D eigenvalue weighted by molar-refractivity contribution is 5.93. The fourth-order valence-corrected chi connectivity index (χ4v) is 1.80. The van der Waals surface area contributed by atoms with Gasteiger partial charge in [0.25, 0.3) is 5.91 Å². The van der Waals surface area contributed by atoms with Gasteiger partial charge in [-0.05, 0) is 13.3 Å². The van der Waals surface area contributed by atoms with Crippen LogP contribution >= 0.6 is 12.4 Å². The standard InChI is InChI=1S/C10H16N4O.ClH/c1-2-14-6-8(5-12-14)10(15)13-4-3-9(11)7-13;/h5-6,9H,2-4,7,11H2,1H3;1H/t9-;/m1./s1. The quantitative estimate of drug-likeness (QED) is 0.824. The molecule has 90 valence electrons. The minimum Gasteiger partial charge on any atom is -0.337 e. The molecule has 6 heteroatoms. The largest absolute Gasteiger partial charge is 0.337 e. The second-order valence-electron chi connectivity index (χ2n) is 3.88. The van der Waals surface area contributed by atoms with Crippen molar-refractivity contribution >= 4 is 18.3 Å². The first-order valence-corrected chi connectivity index (χ1v) is 5.28. The number of halogens is 1. The van der Waals surface area contributed by atoms with E-state index in [4.69, 9.17) is 5.73 Å². The number of carbonyl (C=O) groups excluding carboxylic acids is 1. The molecule has 1 aromatic heterocycles. The van der Waals surface area contributed by atoms with Crippen LogP contribution < -0.4 is 5.73 Å². The first-order chi connectivity index (χ1) is 7.20. The van der Waals surface area contributed by atoms with Crippen molar-refractivity contribution < 1.29 is 4.79 Å². The second-order valence-corrected chi connectivity index (χ2v) is 3.88. The lowest BCUT2D eigenvalue weighted by molar-refractivity contribution is 0.0791. The van der Waals surface area contributed by atoms with Crippen molar-refractivity contribution in [3.63, 3.8) is 0 Å². The molecule has 16 heavy (non-hydrogen) atoms. The summed E-state index contributed by atoms with van der Waals surface area (Å²) < 4.78 is 1.75. The molecule has 1 atom stereocenters. The Morgan fingerprint density at radius 1 is 1.69 bits per heavy atom. The van der Waals surface area contributed by atoms with Crippen molar-refractivity contribution in [2.75, 3.05) is 13.1 Å². The van der Waals surface area contributed by atoms with E-state index < -0.39 is 0 Å². The molecule has 1 fully saturated rings. The van der Waals surface area contributed by atoms with Gasteiger partial charge in [-0.25, -0.2) is 0 Å². The lowest BCUT2D eigenvalue weighted by Crippen LogP contribution is -2.31. The maximum absolute atomic E-state index is 11.9. The predicted molar refractivity (Wildman–Crippen MR) is 63.6 cm³/mol. The van der Waals surface area contributed by atoms with Gasteiger partial charge in [0.2, 0.25) is 0 Å². The van der Waals surface area contributed by atoms with Gasteiger partial charge in [0.1, 0.15) is 0 Å². The molecule has 0 radical (unpaired) electrons. The summed E-state index contributed by atoms with van der Waals surface area (Å²) in [6, 6.07) is 0.134. The molecule has 0 saturated carbocycles. The molecule has 0 aliphatic carbocycles. The fourth-order valence-electron chi connectivity index (χ4n) is 1.80. The summed E-state index contributed by atoms with van der Waals surface area (Å²) >= 11 is 0. The number of carbonyl (C=O) groups is 1. The third-order valence-electron chi connectivity index (χ3n) is 2.72. The molecule has 0 bridgehead atoms. The third-order valence-corrected chi connectivity index (χ3v) is 2.72. The first-order valence-electron chi connectivity index (χ1n) is 5.28. The minimum atomic E-state index is 0. The minimum absolute atomic E-state index is 0. The van der Waals surface area contributed by atoms with Crippen molar-refractivity contribution in [3.8, 4) is 0 Å². The number of hydrogen-bond acceptors (Lipinski definition) is 3. The number of nitrogens with two attached hydrogens (primary N) is 1. The summed E-state index contributed by atoms with van der Waals surface area (Å²) in [4.78, 5) is 13.7. The highest BCUT2D eigenvalue weighted by atomic mass is 35.5. The van der Waals surface area contributed by atoms with E-state index in [1.807, 2.05) is 6.92 Å². The number of amides is 1. The Kier molecular flexibility index (Phi) is 4.32. The molecular formula is C10H17ClN4O. The Bertz CT molecular complexity index is 365. The Labute approximate surface area is 101 Å². The van der Waals surface area contributed by atoms with E-state index in [1.165, 1.54) is 0 Å². The van der Waals surface area contributed by atoms with E-state index in [0.717, 1.165) is 19.5 Å². The number of aryl methyl sites for hydroxylation is 1. The Hall–Kier alpha value is -1.07. The monoisotopic (exact) mass is 244 g/mol. The fraction of sp³-hybridized carbons (Fsp3) is 0.600. The summed E-state index contributed by atoms with van der Waals surface area (Å²) in [5.74, 6) is 0.0441. The van der Waals surface area contributed by atoms with Crippen LogP contribution in [0.15, 0.2) is 12.4 Å². The third kappa shape index (κ3) is 2.54. The highest BCUT2D eigenvalue weighted by Crippen LogP contribution is 2.11. The van der Waals surface area contributed by atoms with E-state index >= 15 is 0 Å². The highest BCUT2D eigenvalue weighted by Gasteiger charge is 2.25. The summed E-state index contributed by atoms with van der Waals surface area (Å²) in [6.45, 7) is 4.20. The zero-order valence-corrected chi connectivity index (χ0v) is 10.1. The Morgan fingerprint density at radius 2 is 2.44 bits per heavy atom. The molecule has 1 aromatic rings. The average molecular weight is 245 g/mol. The molecule has 1 saturated heterocycles. The maximum atomic E-state index is 11.9. The zero-order chi connectivity index (χ0) is 10.8. The maximum Gasteiger partial charge on any atom is 0.257 e. The molecular weight excluding hydrogens is 228 g/mol. The van der Waals surface area contributed by atoms with E-state index in [0.29, 0.717) is 12.1 Å². The van der Waals surface area contributed by atoms with Gasteiger partial charge in [-0.3, -0.25) is 9.48 Å². The van der Waals surface area contributed by atoms with Crippen LogP contribution in [0.5, 0.6) is 0 Å². The molecule has 5 nitrogen and oxygen atoms in total. The topological polar surface area (TPSA) is 64.2 Å². The molecule has 0 unspecified atom stereocenters. The summed E-state index contributed by atoms with van der Waals surface area (Å²) in [7, 11) is 0. The Morgan fingerprint density at radius 3 is 2.94 bits per heavy atom. The van der Waals surface area contributed by atoms with Gasteiger partial charge in [0.15, 0.2) is 0 Å². The van der Waals surface area contributed by atoms with Crippen molar-refractivity contribution in [2.45, 2.75) is 25.9 Å². The van der Waals surface area contributed by atoms with Gasteiger partial charge in [-0.15, -0.1) is 12.4 Å². The summed E-state index contributed by atoms with van der Waals surface area (Å²) in [6.07, 6.45) is 4.30. The van der Waals surface area contributed by atoms with Crippen LogP contribution in [0.2, 0.25) is 0 Å². The SMILES string of the molecule is CCn1cc(C(=O)N2CC[C@@H](N)C2)cn1.Cl. The van der Waals surface area contributed by atoms with Gasteiger partial charge in [0, 0.05) is 31.9 Å². The molecule has 1 aliphatic heterocycles. The normalized spacial score (nSPS) is 19.6. The molecule has 1 amide bonds. The van der Waals surface area contributed by atoms with Crippen molar-refractivity contribution in [1.29, 1.82) is 0 Å². The molecule has 0 spiro atoms. The molecule has 0 aromatic carbocycles. The first kappa shape index (κ1) is 13.0. The smallest absolute Gasteiger partial charge is 0.257 e. The molecule has 2 rings (SSSR count). The van der Waals surface area contributed by atoms with Gasteiger partial charge >= 0.3 is 0 Å². The number of nitrogens with zero attached hydrogens (tertiary/aromatic N) is 3. The number of aromatic nitrogens is 2. The Balaban J connectivity index is 0.00000128. The van der Waals surface area contributed by atoms with E-state index in [-0.39, 0.29) is 24.4 Å². The molecule has 1 aliphatic rings. The van der Waals surface area contributed by atoms with Crippen LogP contribution in [0.4, 0.5) is 0 Å². The molecule has 2 heterocycles. The van der Waals surface area contributed by atoms with Crippen LogP contribution in [0.3, 0.4) is 0 Å². The number of hydrogen-bond donors (Lipinski definition) is 1. The number of rotatable bonds is 2. The second kappa shape index (κ2) is 5.32. The van der Waals surface area contributed by atoms with Gasteiger partial charge in [0.05, 0.1) is 11.8 Å². The lowest BCUT2D eigenvalue weighted by atomic mass is 10.3. The van der Waals surface area contributed by atoms with Crippen LogP contribution in [0.1, 0.15) is 23.7 Å².